The quantitative estimate of drug-likeness (QED) is 0.699. The van der Waals surface area contributed by atoms with Crippen LogP contribution in [0.25, 0.3) is 9.53 Å². The first kappa shape index (κ1) is 16.2. The van der Waals surface area contributed by atoms with Gasteiger partial charge in [0.15, 0.2) is 16.6 Å². The smallest absolute Gasteiger partial charge is 0.264 e. The highest BCUT2D eigenvalue weighted by Gasteiger charge is 2.19. The second-order valence-corrected chi connectivity index (χ2v) is 8.06. The summed E-state index contributed by atoms with van der Waals surface area (Å²) in [6.07, 6.45) is 0. The number of benzene rings is 1. The summed E-state index contributed by atoms with van der Waals surface area (Å²) in [4.78, 5) is 22.6. The first-order chi connectivity index (χ1) is 12.0. The fraction of sp³-hybridized carbons (Fsp3) is 0.294. The van der Waals surface area contributed by atoms with Crippen LogP contribution in [0.1, 0.15) is 15.2 Å². The monoisotopic (exact) mass is 375 g/mol. The standard InChI is InChI=1S/C17H17N3O3S2/c1-19(2)17-18-15-13(25-17)7-14(24-15)16(21)20(3)8-10-4-5-11-12(6-10)23-9-22-11/h4-7H,8-9H2,1-3H3. The van der Waals surface area contributed by atoms with Crippen molar-refractivity contribution in [2.45, 2.75) is 6.54 Å². The molecule has 0 unspecified atom stereocenters. The van der Waals surface area contributed by atoms with Crippen molar-refractivity contribution in [1.82, 2.24) is 9.88 Å². The minimum absolute atomic E-state index is 0.000676. The largest absolute Gasteiger partial charge is 0.454 e. The van der Waals surface area contributed by atoms with Crippen molar-refractivity contribution in [1.29, 1.82) is 0 Å². The summed E-state index contributed by atoms with van der Waals surface area (Å²) in [5.41, 5.74) is 1.01. The second-order valence-electron chi connectivity index (χ2n) is 6.02. The van der Waals surface area contributed by atoms with Crippen molar-refractivity contribution in [2.75, 3.05) is 32.8 Å². The van der Waals surface area contributed by atoms with Crippen molar-refractivity contribution >= 4 is 43.2 Å². The van der Waals surface area contributed by atoms with Crippen LogP contribution in [0, 0.1) is 0 Å². The maximum Gasteiger partial charge on any atom is 0.264 e. The highest BCUT2D eigenvalue weighted by Crippen LogP contribution is 2.35. The second kappa shape index (κ2) is 6.20. The Morgan fingerprint density at radius 2 is 1.96 bits per heavy atom. The molecular weight excluding hydrogens is 358 g/mol. The van der Waals surface area contributed by atoms with Crippen LogP contribution in [-0.4, -0.2) is 43.7 Å². The maximum atomic E-state index is 12.7. The van der Waals surface area contributed by atoms with Gasteiger partial charge in [0.25, 0.3) is 5.91 Å². The molecule has 3 heterocycles. The average molecular weight is 375 g/mol. The van der Waals surface area contributed by atoms with Crippen molar-refractivity contribution < 1.29 is 14.3 Å². The fourth-order valence-electron chi connectivity index (χ4n) is 2.59. The molecule has 6 nitrogen and oxygen atoms in total. The van der Waals surface area contributed by atoms with Crippen molar-refractivity contribution in [3.05, 3.63) is 34.7 Å². The molecule has 4 rings (SSSR count). The van der Waals surface area contributed by atoms with Crippen molar-refractivity contribution in [3.8, 4) is 11.5 Å². The lowest BCUT2D eigenvalue weighted by Crippen LogP contribution is -2.25. The molecule has 0 saturated carbocycles. The van der Waals surface area contributed by atoms with Gasteiger partial charge in [0.2, 0.25) is 6.79 Å². The van der Waals surface area contributed by atoms with E-state index in [0.717, 1.165) is 31.7 Å². The van der Waals surface area contributed by atoms with Gasteiger partial charge in [-0.25, -0.2) is 4.98 Å². The predicted octanol–water partition coefficient (Wildman–Crippen LogP) is 3.42. The molecule has 1 aliphatic heterocycles. The van der Waals surface area contributed by atoms with Gasteiger partial charge >= 0.3 is 0 Å². The minimum Gasteiger partial charge on any atom is -0.454 e. The molecule has 0 bridgehead atoms. The lowest BCUT2D eigenvalue weighted by molar-refractivity contribution is 0.0790. The van der Waals surface area contributed by atoms with E-state index in [1.54, 1.807) is 23.3 Å². The molecule has 1 amide bonds. The zero-order valence-corrected chi connectivity index (χ0v) is 15.7. The van der Waals surface area contributed by atoms with E-state index in [4.69, 9.17) is 9.47 Å². The topological polar surface area (TPSA) is 54.9 Å². The van der Waals surface area contributed by atoms with Crippen LogP contribution in [0.4, 0.5) is 5.13 Å². The van der Waals surface area contributed by atoms with E-state index in [1.165, 1.54) is 11.3 Å². The first-order valence-corrected chi connectivity index (χ1v) is 9.36. The molecule has 8 heteroatoms. The number of nitrogens with zero attached hydrogens (tertiary/aromatic N) is 3. The van der Waals surface area contributed by atoms with Crippen LogP contribution >= 0.6 is 22.7 Å². The fourth-order valence-corrected chi connectivity index (χ4v) is 4.72. The number of thiophene rings is 1. The van der Waals surface area contributed by atoms with Crippen LogP contribution in [0.5, 0.6) is 11.5 Å². The summed E-state index contributed by atoms with van der Waals surface area (Å²) < 4.78 is 11.8. The Labute approximate surface area is 153 Å². The summed E-state index contributed by atoms with van der Waals surface area (Å²) in [7, 11) is 5.74. The van der Waals surface area contributed by atoms with Crippen LogP contribution in [0.2, 0.25) is 0 Å². The Balaban J connectivity index is 1.50. The highest BCUT2D eigenvalue weighted by atomic mass is 32.1. The zero-order valence-electron chi connectivity index (χ0n) is 14.1. The third kappa shape index (κ3) is 3.03. The van der Waals surface area contributed by atoms with Crippen LogP contribution in [0.3, 0.4) is 0 Å². The number of carbonyl (C=O) groups excluding carboxylic acids is 1. The summed E-state index contributed by atoms with van der Waals surface area (Å²) in [6.45, 7) is 0.763. The number of rotatable bonds is 4. The molecular formula is C17H17N3O3S2. The van der Waals surface area contributed by atoms with Gasteiger partial charge < -0.3 is 19.3 Å². The molecule has 1 aromatic carbocycles. The molecule has 0 spiro atoms. The molecule has 3 aromatic rings. The van der Waals surface area contributed by atoms with E-state index in [9.17, 15) is 4.79 Å². The molecule has 0 radical (unpaired) electrons. The lowest BCUT2D eigenvalue weighted by Gasteiger charge is -2.16. The maximum absolute atomic E-state index is 12.7. The molecule has 25 heavy (non-hydrogen) atoms. The number of carbonyl (C=O) groups is 1. The average Bonchev–Trinajstić information content (AvgIpc) is 3.27. The number of aromatic nitrogens is 1. The predicted molar refractivity (Wildman–Crippen MR) is 100 cm³/mol. The van der Waals surface area contributed by atoms with Crippen LogP contribution in [-0.2, 0) is 6.54 Å². The summed E-state index contributed by atoms with van der Waals surface area (Å²) in [5.74, 6) is 1.48. The van der Waals surface area contributed by atoms with Gasteiger partial charge in [-0.15, -0.1) is 11.3 Å². The Bertz CT molecular complexity index is 916. The third-order valence-electron chi connectivity index (χ3n) is 3.87. The Morgan fingerprint density at radius 3 is 2.72 bits per heavy atom. The van der Waals surface area contributed by atoms with Gasteiger partial charge in [0.1, 0.15) is 4.83 Å². The van der Waals surface area contributed by atoms with E-state index in [2.05, 4.69) is 4.98 Å². The van der Waals surface area contributed by atoms with Gasteiger partial charge in [-0.1, -0.05) is 17.4 Å². The van der Waals surface area contributed by atoms with Crippen LogP contribution in [0.15, 0.2) is 24.3 Å². The van der Waals surface area contributed by atoms with Gasteiger partial charge in [-0.3, -0.25) is 4.79 Å². The molecule has 2 aromatic heterocycles. The Morgan fingerprint density at radius 1 is 1.16 bits per heavy atom. The Hall–Kier alpha value is -2.32. The summed E-state index contributed by atoms with van der Waals surface area (Å²) in [6, 6.07) is 7.69. The number of amides is 1. The Kier molecular flexibility index (Phi) is 4.01. The number of hydrogen-bond donors (Lipinski definition) is 0. The van der Waals surface area contributed by atoms with Crippen molar-refractivity contribution in [2.24, 2.45) is 0 Å². The molecule has 0 atom stereocenters. The first-order valence-electron chi connectivity index (χ1n) is 7.73. The molecule has 0 saturated heterocycles. The SMILES string of the molecule is CN(Cc1ccc2c(c1)OCO2)C(=O)c1cc2sc(N(C)C)nc2s1. The number of ether oxygens (including phenoxy) is 2. The molecule has 0 N–H and O–H groups in total. The van der Waals surface area contributed by atoms with Gasteiger partial charge in [0.05, 0.1) is 9.58 Å². The summed E-state index contributed by atoms with van der Waals surface area (Å²) in [5, 5.41) is 0.953. The highest BCUT2D eigenvalue weighted by molar-refractivity contribution is 7.29. The van der Waals surface area contributed by atoms with E-state index in [1.807, 2.05) is 43.3 Å². The van der Waals surface area contributed by atoms with E-state index in [0.29, 0.717) is 11.4 Å². The zero-order chi connectivity index (χ0) is 17.6. The van der Waals surface area contributed by atoms with Crippen molar-refractivity contribution in [3.63, 3.8) is 0 Å². The van der Waals surface area contributed by atoms with E-state index < -0.39 is 0 Å². The number of anilines is 1. The lowest BCUT2D eigenvalue weighted by atomic mass is 10.2. The molecule has 130 valence electrons. The normalized spacial score (nSPS) is 12.6. The van der Waals surface area contributed by atoms with Crippen LogP contribution < -0.4 is 14.4 Å². The minimum atomic E-state index is -0.000676. The van der Waals surface area contributed by atoms with E-state index >= 15 is 0 Å². The van der Waals surface area contributed by atoms with Gasteiger partial charge in [-0.2, -0.15) is 0 Å². The molecule has 0 fully saturated rings. The summed E-state index contributed by atoms with van der Waals surface area (Å²) >= 11 is 3.04. The third-order valence-corrected chi connectivity index (χ3v) is 6.19. The number of hydrogen-bond acceptors (Lipinski definition) is 7. The number of thiazole rings is 1. The molecule has 1 aliphatic rings. The van der Waals surface area contributed by atoms with E-state index in [-0.39, 0.29) is 12.7 Å². The number of fused-ring (bicyclic) bond motifs is 2. The molecule has 0 aliphatic carbocycles. The van der Waals surface area contributed by atoms with Gasteiger partial charge in [0, 0.05) is 27.7 Å². The van der Waals surface area contributed by atoms with Gasteiger partial charge in [-0.05, 0) is 23.8 Å².